The van der Waals surface area contributed by atoms with Gasteiger partial charge in [0.1, 0.15) is 5.82 Å². The van der Waals surface area contributed by atoms with E-state index in [0.717, 1.165) is 80.2 Å². The molecule has 0 aliphatic carbocycles. The number of rotatable bonds is 6. The number of carbonyl (C=O) groups excluding carboxylic acids is 1. The van der Waals surface area contributed by atoms with Gasteiger partial charge in [0.2, 0.25) is 5.91 Å². The Hall–Kier alpha value is -2.22. The van der Waals surface area contributed by atoms with Crippen molar-refractivity contribution in [2.24, 2.45) is 5.92 Å². The molecule has 6 nitrogen and oxygen atoms in total. The highest BCUT2D eigenvalue weighted by molar-refractivity contribution is 7.99. The summed E-state index contributed by atoms with van der Waals surface area (Å²) in [6.07, 6.45) is 1.94. The van der Waals surface area contributed by atoms with Gasteiger partial charge in [-0.15, -0.1) is 0 Å². The first kappa shape index (κ1) is 22.6. The maximum Gasteiger partial charge on any atom is 0.224 e. The highest BCUT2D eigenvalue weighted by atomic mass is 35.5. The number of nitrogens with zero attached hydrogens (tertiary/aromatic N) is 3. The fourth-order valence-corrected chi connectivity index (χ4v) is 5.89. The predicted molar refractivity (Wildman–Crippen MR) is 138 cm³/mol. The fourth-order valence-electron chi connectivity index (χ4n) is 4.70. The lowest BCUT2D eigenvalue weighted by Gasteiger charge is -2.34. The van der Waals surface area contributed by atoms with E-state index in [9.17, 15) is 4.79 Å². The molecule has 0 saturated carbocycles. The summed E-state index contributed by atoms with van der Waals surface area (Å²) in [5.74, 6) is 3.36. The fraction of sp³-hybridized carbons (Fsp3) is 0.440. The second-order valence-electron chi connectivity index (χ2n) is 8.80. The largest absolute Gasteiger partial charge is 0.371 e. The average molecular weight is 484 g/mol. The van der Waals surface area contributed by atoms with Crippen LogP contribution in [0.1, 0.15) is 12.8 Å². The van der Waals surface area contributed by atoms with Crippen molar-refractivity contribution in [3.05, 3.63) is 47.5 Å². The Morgan fingerprint density at radius 2 is 2.03 bits per heavy atom. The number of carbonyl (C=O) groups is 1. The van der Waals surface area contributed by atoms with Crippen molar-refractivity contribution in [1.82, 2.24) is 20.2 Å². The molecule has 1 aromatic heterocycles. The van der Waals surface area contributed by atoms with Gasteiger partial charge in [0.25, 0.3) is 0 Å². The van der Waals surface area contributed by atoms with Gasteiger partial charge in [-0.25, -0.2) is 4.98 Å². The van der Waals surface area contributed by atoms with E-state index in [1.165, 1.54) is 11.5 Å². The molecule has 2 saturated heterocycles. The van der Waals surface area contributed by atoms with Crippen molar-refractivity contribution >= 4 is 46.0 Å². The number of anilines is 1. The zero-order valence-corrected chi connectivity index (χ0v) is 20.3. The summed E-state index contributed by atoms with van der Waals surface area (Å²) in [7, 11) is 0. The number of thioether (sulfide) groups is 1. The summed E-state index contributed by atoms with van der Waals surface area (Å²) < 4.78 is 0. The first-order valence-corrected chi connectivity index (χ1v) is 13.3. The first-order chi connectivity index (χ1) is 16.2. The van der Waals surface area contributed by atoms with Crippen LogP contribution in [-0.2, 0) is 4.79 Å². The smallest absolute Gasteiger partial charge is 0.224 e. The SMILES string of the molecule is O=C(NCCN1CCSCC1)[C@@H]1CCCN(c2ccc(Cl)c(-c3nc4ccccc4[nH]3)c2)C1. The van der Waals surface area contributed by atoms with Crippen molar-refractivity contribution in [3.8, 4) is 11.4 Å². The number of amides is 1. The van der Waals surface area contributed by atoms with Crippen LogP contribution < -0.4 is 10.2 Å². The summed E-state index contributed by atoms with van der Waals surface area (Å²) in [4.78, 5) is 25.7. The molecule has 3 aromatic rings. The molecule has 0 radical (unpaired) electrons. The zero-order valence-electron chi connectivity index (χ0n) is 18.7. The van der Waals surface area contributed by atoms with Gasteiger partial charge in [0, 0.05) is 62.0 Å². The van der Waals surface area contributed by atoms with E-state index in [4.69, 9.17) is 16.6 Å². The number of piperidine rings is 1. The summed E-state index contributed by atoms with van der Waals surface area (Å²) >= 11 is 8.56. The lowest BCUT2D eigenvalue weighted by Crippen LogP contribution is -2.45. The number of aromatic nitrogens is 2. The van der Waals surface area contributed by atoms with Crippen LogP contribution in [0, 0.1) is 5.92 Å². The summed E-state index contributed by atoms with van der Waals surface area (Å²) in [6.45, 7) is 5.60. The van der Waals surface area contributed by atoms with Crippen LogP contribution in [0.4, 0.5) is 5.69 Å². The van der Waals surface area contributed by atoms with E-state index in [1.807, 2.05) is 48.2 Å². The maximum absolute atomic E-state index is 12.9. The van der Waals surface area contributed by atoms with Gasteiger partial charge in [-0.2, -0.15) is 11.8 Å². The topological polar surface area (TPSA) is 64.3 Å². The van der Waals surface area contributed by atoms with Crippen molar-refractivity contribution in [2.45, 2.75) is 12.8 Å². The average Bonchev–Trinajstić information content (AvgIpc) is 3.29. The molecule has 0 bridgehead atoms. The summed E-state index contributed by atoms with van der Waals surface area (Å²) in [5.41, 5.74) is 3.88. The van der Waals surface area contributed by atoms with Gasteiger partial charge in [0.05, 0.1) is 22.0 Å². The van der Waals surface area contributed by atoms with E-state index in [2.05, 4.69) is 26.2 Å². The van der Waals surface area contributed by atoms with Gasteiger partial charge in [-0.1, -0.05) is 23.7 Å². The highest BCUT2D eigenvalue weighted by Crippen LogP contribution is 2.33. The Morgan fingerprint density at radius 1 is 1.18 bits per heavy atom. The van der Waals surface area contributed by atoms with Crippen LogP contribution in [0.5, 0.6) is 0 Å². The Bertz CT molecular complexity index is 1080. The van der Waals surface area contributed by atoms with Gasteiger partial charge >= 0.3 is 0 Å². The predicted octanol–water partition coefficient (Wildman–Crippen LogP) is 4.26. The molecular weight excluding hydrogens is 454 g/mol. The van der Waals surface area contributed by atoms with Crippen LogP contribution in [0.25, 0.3) is 22.4 Å². The maximum atomic E-state index is 12.9. The third-order valence-electron chi connectivity index (χ3n) is 6.58. The molecule has 2 aromatic carbocycles. The number of hydrogen-bond donors (Lipinski definition) is 2. The molecule has 1 atom stereocenters. The molecule has 2 aliphatic rings. The minimum atomic E-state index is 0.0148. The van der Waals surface area contributed by atoms with Gasteiger partial charge in [-0.3, -0.25) is 9.69 Å². The molecule has 33 heavy (non-hydrogen) atoms. The van der Waals surface area contributed by atoms with Crippen LogP contribution in [-0.4, -0.2) is 71.5 Å². The summed E-state index contributed by atoms with van der Waals surface area (Å²) in [6, 6.07) is 14.0. The van der Waals surface area contributed by atoms with Crippen LogP contribution in [0.15, 0.2) is 42.5 Å². The van der Waals surface area contributed by atoms with Crippen LogP contribution >= 0.6 is 23.4 Å². The van der Waals surface area contributed by atoms with Gasteiger partial charge in [-0.05, 0) is 43.2 Å². The number of aromatic amines is 1. The first-order valence-electron chi connectivity index (χ1n) is 11.7. The Labute approximate surface area is 204 Å². The molecule has 2 aliphatic heterocycles. The third-order valence-corrected chi connectivity index (χ3v) is 7.85. The molecule has 2 N–H and O–H groups in total. The van der Waals surface area contributed by atoms with E-state index in [0.29, 0.717) is 5.02 Å². The Balaban J connectivity index is 1.24. The van der Waals surface area contributed by atoms with E-state index >= 15 is 0 Å². The molecule has 3 heterocycles. The molecule has 0 spiro atoms. The molecule has 0 unspecified atom stereocenters. The van der Waals surface area contributed by atoms with Crippen LogP contribution in [0.3, 0.4) is 0 Å². The quantitative estimate of drug-likeness (QED) is 0.548. The minimum Gasteiger partial charge on any atom is -0.371 e. The number of H-pyrrole nitrogens is 1. The van der Waals surface area contributed by atoms with Gasteiger partial charge in [0.15, 0.2) is 0 Å². The van der Waals surface area contributed by atoms with Crippen molar-refractivity contribution in [2.75, 3.05) is 55.7 Å². The second kappa shape index (κ2) is 10.4. The number of para-hydroxylation sites is 2. The molecule has 2 fully saturated rings. The molecule has 8 heteroatoms. The second-order valence-corrected chi connectivity index (χ2v) is 10.4. The minimum absolute atomic E-state index is 0.0148. The molecule has 1 amide bonds. The monoisotopic (exact) mass is 483 g/mol. The lowest BCUT2D eigenvalue weighted by atomic mass is 9.96. The summed E-state index contributed by atoms with van der Waals surface area (Å²) in [5, 5.41) is 3.85. The van der Waals surface area contributed by atoms with E-state index in [1.54, 1.807) is 0 Å². The number of fused-ring (bicyclic) bond motifs is 1. The van der Waals surface area contributed by atoms with Crippen molar-refractivity contribution < 1.29 is 4.79 Å². The zero-order chi connectivity index (χ0) is 22.6. The Morgan fingerprint density at radius 3 is 2.88 bits per heavy atom. The number of benzene rings is 2. The Kier molecular flexibility index (Phi) is 7.09. The number of halogens is 1. The lowest BCUT2D eigenvalue weighted by molar-refractivity contribution is -0.125. The number of imidazole rings is 1. The standard InChI is InChI=1S/C25H30ClN5OS/c26-21-8-7-19(16-20(21)24-28-22-5-1-2-6-23(22)29-24)31-10-3-4-18(17-31)25(32)27-9-11-30-12-14-33-15-13-30/h1-2,5-8,16,18H,3-4,9-15,17H2,(H,27,32)(H,28,29)/t18-/m1/s1. The third kappa shape index (κ3) is 5.31. The van der Waals surface area contributed by atoms with Crippen LogP contribution in [0.2, 0.25) is 5.02 Å². The number of nitrogens with one attached hydrogen (secondary N) is 2. The van der Waals surface area contributed by atoms with Crippen molar-refractivity contribution in [1.29, 1.82) is 0 Å². The van der Waals surface area contributed by atoms with Gasteiger partial charge < -0.3 is 15.2 Å². The normalized spacial score (nSPS) is 19.7. The molecular formula is C25H30ClN5OS. The molecule has 174 valence electrons. The van der Waals surface area contributed by atoms with E-state index < -0.39 is 0 Å². The number of hydrogen-bond acceptors (Lipinski definition) is 5. The van der Waals surface area contributed by atoms with Crippen molar-refractivity contribution in [3.63, 3.8) is 0 Å². The highest BCUT2D eigenvalue weighted by Gasteiger charge is 2.26. The molecule has 5 rings (SSSR count). The van der Waals surface area contributed by atoms with E-state index in [-0.39, 0.29) is 11.8 Å².